The Balaban J connectivity index is 1.87. The van der Waals surface area contributed by atoms with Gasteiger partial charge in [0.25, 0.3) is 0 Å². The summed E-state index contributed by atoms with van der Waals surface area (Å²) in [4.78, 5) is 0. The second-order valence-electron chi connectivity index (χ2n) is 11.9. The quantitative estimate of drug-likeness (QED) is 0.0748. The summed E-state index contributed by atoms with van der Waals surface area (Å²) in [5, 5.41) is 99.0. The second-order valence-corrected chi connectivity index (χ2v) is 11.9. The van der Waals surface area contributed by atoms with Crippen LogP contribution in [0.2, 0.25) is 0 Å². The van der Waals surface area contributed by atoms with Crippen LogP contribution in [-0.4, -0.2) is 118 Å². The highest BCUT2D eigenvalue weighted by Crippen LogP contribution is 2.38. The van der Waals surface area contributed by atoms with E-state index in [-0.39, 0.29) is 12.8 Å². The molecule has 0 saturated carbocycles. The lowest BCUT2D eigenvalue weighted by atomic mass is 9.95. The number of unbranched alkanes of at least 4 members (excludes halogenated alkanes) is 3. The second kappa shape index (κ2) is 17.9. The Kier molecular flexibility index (Phi) is 14.6. The summed E-state index contributed by atoms with van der Waals surface area (Å²) in [6, 6.07) is 14.0. The fraction of sp³-hybridized carbons (Fsp3) is 0.529. The van der Waals surface area contributed by atoms with E-state index in [4.69, 9.17) is 10.2 Å². The van der Waals surface area contributed by atoms with Gasteiger partial charge in [-0.2, -0.15) is 0 Å². The van der Waals surface area contributed by atoms with Gasteiger partial charge in [-0.05, 0) is 48.2 Å². The smallest absolute Gasteiger partial charge is 0.210 e. The molecule has 0 bridgehead atoms. The average molecular weight is 645 g/mol. The summed E-state index contributed by atoms with van der Waals surface area (Å²) < 4.78 is 1.08. The van der Waals surface area contributed by atoms with E-state index < -0.39 is 62.0 Å². The van der Waals surface area contributed by atoms with Gasteiger partial charge >= 0.3 is 0 Å². The van der Waals surface area contributed by atoms with Crippen molar-refractivity contribution in [3.63, 3.8) is 0 Å². The number of benzene rings is 2. The summed E-state index contributed by atoms with van der Waals surface area (Å²) in [5.74, 6) is 0. The highest BCUT2D eigenvalue weighted by atomic mass is 16.4. The van der Waals surface area contributed by atoms with Crippen molar-refractivity contribution in [2.24, 2.45) is 0 Å². The molecule has 1 aliphatic heterocycles. The average Bonchev–Trinajstić information content (AvgIpc) is 3.40. The van der Waals surface area contributed by atoms with Crippen LogP contribution in [-0.2, 0) is 12.8 Å². The predicted molar refractivity (Wildman–Crippen MR) is 170 cm³/mol. The third-order valence-electron chi connectivity index (χ3n) is 8.32. The maximum Gasteiger partial charge on any atom is 0.210 e. The maximum absolute atomic E-state index is 11.5. The molecule has 2 aromatic carbocycles. The molecule has 12 nitrogen and oxygen atoms in total. The van der Waals surface area contributed by atoms with Gasteiger partial charge in [-0.1, -0.05) is 50.5 Å². The number of rotatable bonds is 19. The Labute approximate surface area is 269 Å². The molecular weight excluding hydrogens is 596 g/mol. The number of aliphatic hydroxyl groups is 10. The van der Waals surface area contributed by atoms with Crippen LogP contribution in [0.4, 0.5) is 0 Å². The van der Waals surface area contributed by atoms with Gasteiger partial charge in [0, 0.05) is 35.6 Å². The monoisotopic (exact) mass is 644 g/mol. The largest absolute Gasteiger partial charge is 0.493 e. The molecule has 0 aliphatic carbocycles. The number of hydrogen-bond acceptors (Lipinski definition) is 10. The van der Waals surface area contributed by atoms with E-state index in [9.17, 15) is 46.4 Å². The van der Waals surface area contributed by atoms with Crippen LogP contribution in [0, 0.1) is 0 Å². The van der Waals surface area contributed by atoms with Crippen LogP contribution in [0.1, 0.15) is 61.3 Å². The van der Waals surface area contributed by atoms with Crippen molar-refractivity contribution < 1.29 is 55.8 Å². The highest BCUT2D eigenvalue weighted by Gasteiger charge is 2.33. The molecule has 46 heavy (non-hydrogen) atoms. The van der Waals surface area contributed by atoms with Crippen molar-refractivity contribution in [3.8, 4) is 0 Å². The minimum Gasteiger partial charge on any atom is -0.493 e. The van der Waals surface area contributed by atoms with Crippen LogP contribution in [0.3, 0.4) is 0 Å². The van der Waals surface area contributed by atoms with Gasteiger partial charge in [0.1, 0.15) is 36.6 Å². The minimum absolute atomic E-state index is 0.0741. The lowest BCUT2D eigenvalue weighted by molar-refractivity contribution is -0.344. The summed E-state index contributed by atoms with van der Waals surface area (Å²) >= 11 is 0. The zero-order valence-electron chi connectivity index (χ0n) is 26.0. The van der Waals surface area contributed by atoms with Crippen LogP contribution < -0.4 is 0 Å². The van der Waals surface area contributed by atoms with E-state index in [1.807, 2.05) is 6.08 Å². The predicted octanol–water partition coefficient (Wildman–Crippen LogP) is 0.414. The number of allylic oxidation sites excluding steroid dienone is 2. The molecule has 1 heterocycles. The van der Waals surface area contributed by atoms with Gasteiger partial charge in [0.15, 0.2) is 0 Å². The SMILES string of the molecule is CCCCCCC1=C(c2cccc(CC(O)C(O)C(O)C(O)CO)c2)[N+](=[N-])C(c2cccc(CC(O)C(O)C(O)C(O)CO)c2)=C1. The normalized spacial score (nSPS) is 18.9. The van der Waals surface area contributed by atoms with E-state index in [1.165, 1.54) is 0 Å². The molecular formula is C34H48N2O10. The molecule has 2 aromatic rings. The summed E-state index contributed by atoms with van der Waals surface area (Å²) in [6.07, 6.45) is -6.60. The number of hydrogen-bond donors (Lipinski definition) is 10. The van der Waals surface area contributed by atoms with Crippen LogP contribution >= 0.6 is 0 Å². The summed E-state index contributed by atoms with van der Waals surface area (Å²) in [5.41, 5.74) is 15.8. The van der Waals surface area contributed by atoms with Crippen LogP contribution in [0.25, 0.3) is 16.9 Å². The first-order valence-electron chi connectivity index (χ1n) is 15.7. The zero-order chi connectivity index (χ0) is 34.0. The van der Waals surface area contributed by atoms with Gasteiger partial charge < -0.3 is 56.6 Å². The zero-order valence-corrected chi connectivity index (χ0v) is 26.0. The Morgan fingerprint density at radius 3 is 1.61 bits per heavy atom. The first-order chi connectivity index (χ1) is 21.9. The van der Waals surface area contributed by atoms with Gasteiger partial charge in [0.2, 0.25) is 11.4 Å². The van der Waals surface area contributed by atoms with Gasteiger partial charge in [0.05, 0.1) is 25.4 Å². The Morgan fingerprint density at radius 1 is 0.630 bits per heavy atom. The number of aliphatic hydroxyl groups excluding tert-OH is 10. The molecule has 3 rings (SSSR count). The first kappa shape index (κ1) is 37.6. The van der Waals surface area contributed by atoms with E-state index in [2.05, 4.69) is 6.92 Å². The Morgan fingerprint density at radius 2 is 1.11 bits per heavy atom. The molecule has 8 atom stereocenters. The topological polar surface area (TPSA) is 228 Å². The van der Waals surface area contributed by atoms with Crippen molar-refractivity contribution in [2.45, 2.75) is 101 Å². The third kappa shape index (κ3) is 9.58. The number of nitrogens with zero attached hydrogens (tertiary/aromatic N) is 2. The van der Waals surface area contributed by atoms with E-state index in [1.54, 1.807) is 48.5 Å². The van der Waals surface area contributed by atoms with E-state index in [0.29, 0.717) is 40.1 Å². The lowest BCUT2D eigenvalue weighted by Gasteiger charge is -2.25. The molecule has 0 fully saturated rings. The third-order valence-corrected chi connectivity index (χ3v) is 8.32. The molecule has 0 radical (unpaired) electrons. The molecule has 12 heteroatoms. The van der Waals surface area contributed by atoms with Gasteiger partial charge in [-0.25, -0.2) is 4.70 Å². The van der Waals surface area contributed by atoms with Crippen molar-refractivity contribution >= 4 is 11.4 Å². The Bertz CT molecular complexity index is 1350. The molecule has 254 valence electrons. The molecule has 10 N–H and O–H groups in total. The summed E-state index contributed by atoms with van der Waals surface area (Å²) in [6.45, 7) is 0.563. The van der Waals surface area contributed by atoms with Crippen LogP contribution in [0.5, 0.6) is 0 Å². The van der Waals surface area contributed by atoms with Crippen molar-refractivity contribution in [1.29, 1.82) is 0 Å². The van der Waals surface area contributed by atoms with Crippen LogP contribution in [0.15, 0.2) is 60.2 Å². The first-order valence-corrected chi connectivity index (χ1v) is 15.7. The molecule has 0 amide bonds. The fourth-order valence-electron chi connectivity index (χ4n) is 5.55. The lowest BCUT2D eigenvalue weighted by Crippen LogP contribution is -2.46. The standard InChI is InChI=1S/C34H48N2O10/c1-2-3-4-5-10-24-17-25(22-11-6-8-20(13-22)15-26(39)31(43)33(45)28(41)18-37)36(35)30(24)23-12-7-9-21(14-23)16-27(40)32(44)34(46)29(42)19-38/h6-9,11-14,17,26-29,31-34,37-46H,2-5,10,15-16,18-19H2,1H3. The fourth-order valence-corrected chi connectivity index (χ4v) is 5.55. The van der Waals surface area contributed by atoms with Gasteiger partial charge in [-0.3, -0.25) is 0 Å². The van der Waals surface area contributed by atoms with Crippen molar-refractivity contribution in [3.05, 3.63) is 88.0 Å². The highest BCUT2D eigenvalue weighted by molar-refractivity contribution is 5.78. The summed E-state index contributed by atoms with van der Waals surface area (Å²) in [7, 11) is 0. The van der Waals surface area contributed by atoms with Gasteiger partial charge in [-0.15, -0.1) is 0 Å². The molecule has 0 aromatic heterocycles. The van der Waals surface area contributed by atoms with E-state index >= 15 is 0 Å². The minimum atomic E-state index is -1.74. The van der Waals surface area contributed by atoms with Crippen molar-refractivity contribution in [1.82, 2.24) is 0 Å². The molecule has 0 spiro atoms. The molecule has 8 unspecified atom stereocenters. The Hall–Kier alpha value is -2.88. The maximum atomic E-state index is 11.5. The van der Waals surface area contributed by atoms with E-state index in [0.717, 1.165) is 36.0 Å². The van der Waals surface area contributed by atoms with Crippen molar-refractivity contribution in [2.75, 3.05) is 13.2 Å². The molecule has 0 saturated heterocycles. The molecule has 1 aliphatic rings.